The number of sulfonamides is 1. The molecule has 0 fully saturated rings. The molecule has 5 aromatic rings. The molecule has 32 heavy (non-hydrogen) atoms. The highest BCUT2D eigenvalue weighted by Gasteiger charge is 2.19. The van der Waals surface area contributed by atoms with Crippen LogP contribution in [-0.4, -0.2) is 33.2 Å². The molecule has 3 heterocycles. The highest BCUT2D eigenvalue weighted by atomic mass is 32.2. The Hall–Kier alpha value is -4.18. The minimum absolute atomic E-state index is 0.281. The first kappa shape index (κ1) is 19.8. The molecule has 10 heteroatoms. The van der Waals surface area contributed by atoms with Gasteiger partial charge in [-0.25, -0.2) is 12.8 Å². The molecule has 0 aliphatic rings. The molecule has 0 bridgehead atoms. The third-order valence-electron chi connectivity index (χ3n) is 4.72. The number of halogens is 1. The van der Waals surface area contributed by atoms with Crippen LogP contribution in [0.2, 0.25) is 0 Å². The molecule has 2 aromatic carbocycles. The summed E-state index contributed by atoms with van der Waals surface area (Å²) in [6.45, 7) is 0. The van der Waals surface area contributed by atoms with Gasteiger partial charge >= 0.3 is 0 Å². The summed E-state index contributed by atoms with van der Waals surface area (Å²) in [5.74, 6) is -0.287. The maximum Gasteiger partial charge on any atom is 0.264 e. The van der Waals surface area contributed by atoms with Crippen LogP contribution in [0.4, 0.5) is 10.1 Å². The topological polar surface area (TPSA) is 102 Å². The lowest BCUT2D eigenvalue weighted by Crippen LogP contribution is -2.14. The largest absolute Gasteiger partial charge is 0.280 e. The minimum atomic E-state index is -4.09. The Kier molecular flexibility index (Phi) is 4.83. The van der Waals surface area contributed by atoms with Gasteiger partial charge in [-0.3, -0.25) is 9.71 Å². The molecule has 0 saturated heterocycles. The second-order valence-electron chi connectivity index (χ2n) is 6.87. The lowest BCUT2D eigenvalue weighted by molar-refractivity contribution is 0.570. The molecular formula is C22H15FN6O2S. The number of hydrogen-bond donors (Lipinski definition) is 1. The van der Waals surface area contributed by atoms with Crippen LogP contribution >= 0.6 is 0 Å². The normalized spacial score (nSPS) is 11.5. The fraction of sp³-hybridized carbons (Fsp3) is 0. The van der Waals surface area contributed by atoms with E-state index in [1.807, 2.05) is 6.07 Å². The van der Waals surface area contributed by atoms with Crippen molar-refractivity contribution in [3.8, 4) is 22.6 Å². The smallest absolute Gasteiger partial charge is 0.264 e. The van der Waals surface area contributed by atoms with Crippen LogP contribution in [-0.2, 0) is 10.0 Å². The molecule has 0 radical (unpaired) electrons. The summed E-state index contributed by atoms with van der Waals surface area (Å²) in [7, 11) is -4.09. The molecule has 158 valence electrons. The Morgan fingerprint density at radius 3 is 2.53 bits per heavy atom. The van der Waals surface area contributed by atoms with Gasteiger partial charge in [0.2, 0.25) is 0 Å². The van der Waals surface area contributed by atoms with Crippen molar-refractivity contribution in [1.82, 2.24) is 24.8 Å². The summed E-state index contributed by atoms with van der Waals surface area (Å²) < 4.78 is 43.2. The fourth-order valence-corrected chi connectivity index (χ4v) is 4.36. The van der Waals surface area contributed by atoms with Crippen molar-refractivity contribution in [1.29, 1.82) is 0 Å². The van der Waals surface area contributed by atoms with E-state index in [0.717, 1.165) is 11.6 Å². The van der Waals surface area contributed by atoms with E-state index in [0.29, 0.717) is 22.7 Å². The van der Waals surface area contributed by atoms with E-state index in [1.165, 1.54) is 18.2 Å². The molecule has 1 N–H and O–H groups in total. The van der Waals surface area contributed by atoms with Gasteiger partial charge in [0.15, 0.2) is 11.5 Å². The van der Waals surface area contributed by atoms with E-state index in [1.54, 1.807) is 59.4 Å². The van der Waals surface area contributed by atoms with Gasteiger partial charge in [-0.1, -0.05) is 24.3 Å². The standard InChI is InChI=1S/C22H15FN6O2S/c23-18-8-1-2-9-20(18)32(30,31)28-17-7-3-5-15(13-17)19-10-11-21-25-26-22(29(21)27-19)16-6-4-12-24-14-16/h1-14,28H. The number of benzene rings is 2. The number of rotatable bonds is 5. The number of aromatic nitrogens is 5. The maximum absolute atomic E-state index is 14.0. The Bertz CT molecular complexity index is 1540. The second-order valence-corrected chi connectivity index (χ2v) is 8.52. The van der Waals surface area contributed by atoms with E-state index >= 15 is 0 Å². The summed E-state index contributed by atoms with van der Waals surface area (Å²) >= 11 is 0. The van der Waals surface area contributed by atoms with Crippen molar-refractivity contribution in [2.45, 2.75) is 4.90 Å². The van der Waals surface area contributed by atoms with Crippen molar-refractivity contribution in [3.05, 3.63) is 91.0 Å². The molecule has 0 amide bonds. The zero-order chi connectivity index (χ0) is 22.1. The second kappa shape index (κ2) is 7.82. The Morgan fingerprint density at radius 2 is 1.72 bits per heavy atom. The van der Waals surface area contributed by atoms with Gasteiger partial charge in [0, 0.05) is 29.2 Å². The van der Waals surface area contributed by atoms with Crippen LogP contribution in [0.1, 0.15) is 0 Å². The van der Waals surface area contributed by atoms with Gasteiger partial charge in [-0.05, 0) is 48.5 Å². The first-order valence-corrected chi connectivity index (χ1v) is 11.0. The summed E-state index contributed by atoms with van der Waals surface area (Å²) in [6.07, 6.45) is 3.34. The average Bonchev–Trinajstić information content (AvgIpc) is 3.23. The number of nitrogens with zero attached hydrogens (tertiary/aromatic N) is 5. The van der Waals surface area contributed by atoms with Gasteiger partial charge in [-0.2, -0.15) is 9.61 Å². The lowest BCUT2D eigenvalue weighted by atomic mass is 10.1. The third-order valence-corrected chi connectivity index (χ3v) is 6.13. The van der Waals surface area contributed by atoms with Gasteiger partial charge in [0.25, 0.3) is 10.0 Å². The predicted molar refractivity (Wildman–Crippen MR) is 117 cm³/mol. The molecule has 0 aliphatic heterocycles. The molecule has 5 rings (SSSR count). The third kappa shape index (κ3) is 3.67. The first-order valence-electron chi connectivity index (χ1n) is 9.52. The van der Waals surface area contributed by atoms with Gasteiger partial charge in [0.05, 0.1) is 5.69 Å². The SMILES string of the molecule is O=S(=O)(Nc1cccc(-c2ccc3nnc(-c4cccnc4)n3n2)c1)c1ccccc1F. The van der Waals surface area contributed by atoms with Crippen molar-refractivity contribution in [3.63, 3.8) is 0 Å². The molecule has 3 aromatic heterocycles. The molecule has 0 spiro atoms. The van der Waals surface area contributed by atoms with E-state index in [-0.39, 0.29) is 5.69 Å². The summed E-state index contributed by atoms with van der Waals surface area (Å²) in [4.78, 5) is 3.68. The Morgan fingerprint density at radius 1 is 0.875 bits per heavy atom. The fourth-order valence-electron chi connectivity index (χ4n) is 3.23. The zero-order valence-corrected chi connectivity index (χ0v) is 17.2. The lowest BCUT2D eigenvalue weighted by Gasteiger charge is -2.10. The molecule has 0 aliphatic carbocycles. The van der Waals surface area contributed by atoms with E-state index in [4.69, 9.17) is 0 Å². The predicted octanol–water partition coefficient (Wildman–Crippen LogP) is 3.79. The first-order chi connectivity index (χ1) is 15.5. The monoisotopic (exact) mass is 446 g/mol. The van der Waals surface area contributed by atoms with Crippen molar-refractivity contribution >= 4 is 21.4 Å². The highest BCUT2D eigenvalue weighted by molar-refractivity contribution is 7.92. The van der Waals surface area contributed by atoms with Crippen LogP contribution in [0.25, 0.3) is 28.3 Å². The number of nitrogens with one attached hydrogen (secondary N) is 1. The van der Waals surface area contributed by atoms with E-state index < -0.39 is 20.7 Å². The van der Waals surface area contributed by atoms with Gasteiger partial charge in [0.1, 0.15) is 10.7 Å². The summed E-state index contributed by atoms with van der Waals surface area (Å²) in [5, 5.41) is 12.9. The van der Waals surface area contributed by atoms with Crippen LogP contribution in [0.15, 0.2) is 90.1 Å². The van der Waals surface area contributed by atoms with Crippen molar-refractivity contribution in [2.75, 3.05) is 4.72 Å². The van der Waals surface area contributed by atoms with Gasteiger partial charge in [-0.15, -0.1) is 10.2 Å². The Balaban J connectivity index is 1.51. The van der Waals surface area contributed by atoms with Crippen LogP contribution in [0, 0.1) is 5.82 Å². The number of hydrogen-bond acceptors (Lipinski definition) is 6. The quantitative estimate of drug-likeness (QED) is 0.441. The zero-order valence-electron chi connectivity index (χ0n) is 16.4. The van der Waals surface area contributed by atoms with Crippen LogP contribution < -0.4 is 4.72 Å². The molecule has 0 atom stereocenters. The number of pyridine rings is 1. The van der Waals surface area contributed by atoms with Crippen molar-refractivity contribution < 1.29 is 12.8 Å². The minimum Gasteiger partial charge on any atom is -0.280 e. The summed E-state index contributed by atoms with van der Waals surface area (Å²) in [6, 6.07) is 19.1. The number of fused-ring (bicyclic) bond motifs is 1. The van der Waals surface area contributed by atoms with Crippen molar-refractivity contribution in [2.24, 2.45) is 0 Å². The highest BCUT2D eigenvalue weighted by Crippen LogP contribution is 2.25. The molecule has 8 nitrogen and oxygen atoms in total. The van der Waals surface area contributed by atoms with Crippen LogP contribution in [0.5, 0.6) is 0 Å². The molecule has 0 unspecified atom stereocenters. The maximum atomic E-state index is 14.0. The van der Waals surface area contributed by atoms with Gasteiger partial charge < -0.3 is 0 Å². The molecular weight excluding hydrogens is 431 g/mol. The molecule has 0 saturated carbocycles. The number of anilines is 1. The Labute approximate surface area is 182 Å². The average molecular weight is 446 g/mol. The van der Waals surface area contributed by atoms with E-state index in [9.17, 15) is 12.8 Å². The summed E-state index contributed by atoms with van der Waals surface area (Å²) in [5.41, 5.74) is 2.84. The van der Waals surface area contributed by atoms with Crippen LogP contribution in [0.3, 0.4) is 0 Å². The van der Waals surface area contributed by atoms with E-state index in [2.05, 4.69) is 25.0 Å².